The lowest BCUT2D eigenvalue weighted by Crippen LogP contribution is -2.36. The van der Waals surface area contributed by atoms with Crippen molar-refractivity contribution >= 4 is 41.4 Å². The van der Waals surface area contributed by atoms with Crippen LogP contribution in [-0.2, 0) is 24.5 Å². The molecule has 0 saturated heterocycles. The van der Waals surface area contributed by atoms with Crippen LogP contribution in [0.25, 0.3) is 0 Å². The van der Waals surface area contributed by atoms with Crippen molar-refractivity contribution in [3.63, 3.8) is 0 Å². The molecule has 148 valence electrons. The molecule has 0 aromatic heterocycles. The Hall–Kier alpha value is -0.540. The van der Waals surface area contributed by atoms with Crippen molar-refractivity contribution in [2.24, 2.45) is 0 Å². The van der Waals surface area contributed by atoms with Crippen molar-refractivity contribution in [3.8, 4) is 0 Å². The van der Waals surface area contributed by atoms with Gasteiger partial charge in [-0.1, -0.05) is 76.9 Å². The zero-order valence-electron chi connectivity index (χ0n) is 15.1. The maximum atomic E-state index is 12.0. The van der Waals surface area contributed by atoms with E-state index < -0.39 is 34.4 Å². The van der Waals surface area contributed by atoms with E-state index in [-0.39, 0.29) is 5.75 Å². The highest BCUT2D eigenvalue weighted by Crippen LogP contribution is 2.15. The summed E-state index contributed by atoms with van der Waals surface area (Å²) in [7, 11) is -8.64. The van der Waals surface area contributed by atoms with Crippen LogP contribution in [-0.4, -0.2) is 42.4 Å². The van der Waals surface area contributed by atoms with Crippen molar-refractivity contribution < 1.29 is 26.7 Å². The third-order valence-corrected chi connectivity index (χ3v) is 9.91. The van der Waals surface area contributed by atoms with Gasteiger partial charge in [-0.3, -0.25) is 4.79 Å². The molecule has 9 heteroatoms. The summed E-state index contributed by atoms with van der Waals surface area (Å²) >= 11 is 4.55. The van der Waals surface area contributed by atoms with Gasteiger partial charge in [-0.15, -0.1) is 0 Å². The number of rotatable bonds is 13. The van der Waals surface area contributed by atoms with E-state index >= 15 is 0 Å². The first-order valence-corrected chi connectivity index (χ1v) is 12.4. The minimum absolute atomic E-state index is 0.329. The monoisotopic (exact) mass is 414 g/mol. The molecule has 0 spiro atoms. The average Bonchev–Trinajstić information content (AvgIpc) is 2.54. The second-order valence-electron chi connectivity index (χ2n) is 6.28. The predicted molar refractivity (Wildman–Crippen MR) is 104 cm³/mol. The second kappa shape index (κ2) is 12.0. The molecular formula is C16H30O6S3. The van der Waals surface area contributed by atoms with E-state index in [2.05, 4.69) is 19.1 Å². The fraction of sp³-hybridized carbons (Fsp3) is 0.875. The van der Waals surface area contributed by atoms with Gasteiger partial charge < -0.3 is 5.11 Å². The number of aliphatic carboxylic acids is 1. The van der Waals surface area contributed by atoms with Crippen LogP contribution in [0.3, 0.4) is 0 Å². The molecule has 0 rings (SSSR count). The Balaban J connectivity index is 4.17. The normalized spacial score (nSPS) is 13.5. The van der Waals surface area contributed by atoms with E-state index in [1.54, 1.807) is 0 Å². The Kier molecular flexibility index (Phi) is 11.7. The topological polar surface area (TPSA) is 106 Å². The predicted octanol–water partition coefficient (Wildman–Crippen LogP) is 3.49. The van der Waals surface area contributed by atoms with Crippen molar-refractivity contribution in [3.05, 3.63) is 0 Å². The summed E-state index contributed by atoms with van der Waals surface area (Å²) < 4.78 is 46.7. The second-order valence-corrected chi connectivity index (χ2v) is 11.7. The van der Waals surface area contributed by atoms with Crippen molar-refractivity contribution in [2.75, 3.05) is 5.75 Å². The number of carboxylic acid groups (broad SMARTS) is 1. The van der Waals surface area contributed by atoms with Gasteiger partial charge in [0.05, 0.1) is 5.75 Å². The van der Waals surface area contributed by atoms with Gasteiger partial charge in [0.15, 0.2) is 15.1 Å². The van der Waals surface area contributed by atoms with Gasteiger partial charge in [-0.05, 0) is 13.3 Å². The maximum absolute atomic E-state index is 12.0. The largest absolute Gasteiger partial charge is 0.480 e. The summed E-state index contributed by atoms with van der Waals surface area (Å²) in [6.45, 7) is 3.09. The number of sulfone groups is 2. The average molecular weight is 415 g/mol. The highest BCUT2D eigenvalue weighted by molar-refractivity contribution is 8.41. The molecule has 0 radical (unpaired) electrons. The number of unbranched alkanes of at least 4 members (excludes halogenated alkanes) is 9. The van der Waals surface area contributed by atoms with Crippen molar-refractivity contribution in [1.29, 1.82) is 0 Å². The molecule has 1 atom stereocenters. The maximum Gasteiger partial charge on any atom is 0.322 e. The van der Waals surface area contributed by atoms with Crippen LogP contribution in [0.5, 0.6) is 0 Å². The van der Waals surface area contributed by atoms with Crippen LogP contribution in [0, 0.1) is 0 Å². The van der Waals surface area contributed by atoms with E-state index in [1.807, 2.05) is 0 Å². The Morgan fingerprint density at radius 1 is 0.880 bits per heavy atom. The fourth-order valence-corrected chi connectivity index (χ4v) is 6.40. The van der Waals surface area contributed by atoms with E-state index in [0.29, 0.717) is 12.8 Å². The van der Waals surface area contributed by atoms with Crippen LogP contribution >= 0.6 is 12.2 Å². The molecule has 0 aliphatic heterocycles. The van der Waals surface area contributed by atoms with Crippen LogP contribution in [0.1, 0.15) is 78.1 Å². The first-order valence-electron chi connectivity index (χ1n) is 8.80. The van der Waals surface area contributed by atoms with E-state index in [0.717, 1.165) is 26.2 Å². The van der Waals surface area contributed by atoms with E-state index in [9.17, 15) is 21.6 Å². The first kappa shape index (κ1) is 24.5. The Morgan fingerprint density at radius 3 is 1.68 bits per heavy atom. The van der Waals surface area contributed by atoms with Crippen molar-refractivity contribution in [1.82, 2.24) is 0 Å². The molecule has 1 N–H and O–H groups in total. The first-order chi connectivity index (χ1) is 11.6. The van der Waals surface area contributed by atoms with Crippen molar-refractivity contribution in [2.45, 2.75) is 83.3 Å². The molecule has 0 aromatic carbocycles. The lowest BCUT2D eigenvalue weighted by Gasteiger charge is -2.10. The van der Waals surface area contributed by atoms with Crippen LogP contribution in [0.4, 0.5) is 0 Å². The van der Waals surface area contributed by atoms with Gasteiger partial charge in [0.2, 0.25) is 13.4 Å². The molecule has 0 amide bonds. The molecule has 0 aromatic rings. The highest BCUT2D eigenvalue weighted by atomic mass is 32.3. The van der Waals surface area contributed by atoms with Crippen LogP contribution in [0.15, 0.2) is 0 Å². The zero-order chi connectivity index (χ0) is 19.5. The number of hydrogen-bond donors (Lipinski definition) is 1. The quantitative estimate of drug-likeness (QED) is 0.363. The fourth-order valence-electron chi connectivity index (χ4n) is 2.32. The Morgan fingerprint density at radius 2 is 1.28 bits per heavy atom. The molecule has 0 aliphatic carbocycles. The lowest BCUT2D eigenvalue weighted by atomic mass is 10.1. The Bertz CT molecular complexity index is 622. The minimum atomic E-state index is -4.51. The van der Waals surface area contributed by atoms with Crippen LogP contribution < -0.4 is 0 Å². The van der Waals surface area contributed by atoms with Gasteiger partial charge in [-0.2, -0.15) is 0 Å². The van der Waals surface area contributed by atoms with Gasteiger partial charge in [0.1, 0.15) is 0 Å². The highest BCUT2D eigenvalue weighted by Gasteiger charge is 2.38. The number of hydrogen-bond acceptors (Lipinski definition) is 6. The molecule has 0 heterocycles. The van der Waals surface area contributed by atoms with Gasteiger partial charge in [0.25, 0.3) is 0 Å². The van der Waals surface area contributed by atoms with Gasteiger partial charge in [0, 0.05) is 0 Å². The number of thiocarbonyl (C=S) groups is 1. The summed E-state index contributed by atoms with van der Waals surface area (Å²) in [5.41, 5.74) is 0. The summed E-state index contributed by atoms with van der Waals surface area (Å²) in [6, 6.07) is 0. The zero-order valence-corrected chi connectivity index (χ0v) is 17.5. The molecule has 6 nitrogen and oxygen atoms in total. The third-order valence-electron chi connectivity index (χ3n) is 4.07. The molecule has 0 fully saturated rings. The molecular weight excluding hydrogens is 384 g/mol. The standard InChI is InChI=1S/C16H30O6S3/c1-3-4-5-6-7-8-9-10-11-12-13-24(19,20)16(23)25(21,22)14(2)15(17)18/h14H,3-13H2,1-2H3,(H,17,18). The molecule has 0 aliphatic rings. The molecule has 1 unspecified atom stereocenters. The summed E-state index contributed by atoms with van der Waals surface area (Å²) in [5.74, 6) is -1.97. The van der Waals surface area contributed by atoms with Gasteiger partial charge >= 0.3 is 5.97 Å². The lowest BCUT2D eigenvalue weighted by molar-refractivity contribution is -0.136. The summed E-state index contributed by atoms with van der Waals surface area (Å²) in [4.78, 5) is 10.8. The molecule has 25 heavy (non-hydrogen) atoms. The Labute approximate surface area is 157 Å². The van der Waals surface area contributed by atoms with Crippen LogP contribution in [0.2, 0.25) is 0 Å². The minimum Gasteiger partial charge on any atom is -0.480 e. The molecule has 0 bridgehead atoms. The van der Waals surface area contributed by atoms with E-state index in [1.165, 1.54) is 32.1 Å². The smallest absolute Gasteiger partial charge is 0.322 e. The third kappa shape index (κ3) is 9.10. The molecule has 0 saturated carbocycles. The number of carboxylic acids is 1. The number of carbonyl (C=O) groups is 1. The summed E-state index contributed by atoms with van der Waals surface area (Å²) in [6.07, 6.45) is 10.2. The SMILES string of the molecule is CCCCCCCCCCCCS(=O)(=O)C(=S)S(=O)(=O)C(C)C(=O)O. The van der Waals surface area contributed by atoms with Gasteiger partial charge in [-0.25, -0.2) is 16.8 Å². The van der Waals surface area contributed by atoms with E-state index in [4.69, 9.17) is 5.11 Å². The summed E-state index contributed by atoms with van der Waals surface area (Å²) in [5, 5.41) is 6.90.